The summed E-state index contributed by atoms with van der Waals surface area (Å²) in [7, 11) is 0. The Morgan fingerprint density at radius 1 is 1.19 bits per heavy atom. The number of morpholine rings is 1. The predicted molar refractivity (Wildman–Crippen MR) is 80.3 cm³/mol. The van der Waals surface area contributed by atoms with Crippen molar-refractivity contribution in [3.63, 3.8) is 0 Å². The number of likely N-dealkylation sites (tertiary alicyclic amines) is 1. The minimum absolute atomic E-state index is 0.121. The second kappa shape index (κ2) is 6.95. The van der Waals surface area contributed by atoms with Crippen LogP contribution in [-0.4, -0.2) is 54.1 Å². The number of nitrogens with zero attached hydrogens (tertiary/aromatic N) is 3. The quantitative estimate of drug-likeness (QED) is 0.574. The molecule has 2 atom stereocenters. The first-order valence-electron chi connectivity index (χ1n) is 7.80. The Morgan fingerprint density at radius 2 is 1.76 bits per heavy atom. The van der Waals surface area contributed by atoms with Gasteiger partial charge in [-0.3, -0.25) is 4.79 Å². The maximum Gasteiger partial charge on any atom is 0.266 e. The van der Waals surface area contributed by atoms with Crippen LogP contribution in [0.4, 0.5) is 0 Å². The Balaban J connectivity index is 2.03. The van der Waals surface area contributed by atoms with E-state index in [-0.39, 0.29) is 23.7 Å². The third kappa shape index (κ3) is 4.21. The molecule has 2 unspecified atom stereocenters. The fourth-order valence-corrected chi connectivity index (χ4v) is 3.02. The SMILES string of the molecule is CC1CCN(C(=O)/C(C#N)=C\N2CC(C)OC(C)C2)CC1. The Kier molecular flexibility index (Phi) is 5.24. The largest absolute Gasteiger partial charge is 0.372 e. The van der Waals surface area contributed by atoms with Crippen molar-refractivity contribution in [3.8, 4) is 6.07 Å². The summed E-state index contributed by atoms with van der Waals surface area (Å²) in [4.78, 5) is 16.3. The predicted octanol–water partition coefficient (Wildman–Crippen LogP) is 1.76. The van der Waals surface area contributed by atoms with Crippen molar-refractivity contribution < 1.29 is 9.53 Å². The fourth-order valence-electron chi connectivity index (χ4n) is 3.02. The molecule has 0 radical (unpaired) electrons. The highest BCUT2D eigenvalue weighted by Crippen LogP contribution is 2.18. The Hall–Kier alpha value is -1.54. The van der Waals surface area contributed by atoms with E-state index in [1.807, 2.05) is 23.6 Å². The van der Waals surface area contributed by atoms with E-state index in [4.69, 9.17) is 4.74 Å². The zero-order valence-electron chi connectivity index (χ0n) is 13.2. The molecule has 2 aliphatic rings. The maximum absolute atomic E-state index is 12.4. The van der Waals surface area contributed by atoms with Gasteiger partial charge >= 0.3 is 0 Å². The molecule has 2 rings (SSSR count). The molecule has 0 aromatic carbocycles. The summed E-state index contributed by atoms with van der Waals surface area (Å²) < 4.78 is 5.67. The van der Waals surface area contributed by atoms with Crippen LogP contribution < -0.4 is 0 Å². The van der Waals surface area contributed by atoms with Gasteiger partial charge in [-0.15, -0.1) is 0 Å². The van der Waals surface area contributed by atoms with Crippen LogP contribution in [0.15, 0.2) is 11.8 Å². The molecule has 2 saturated heterocycles. The van der Waals surface area contributed by atoms with Crippen molar-refractivity contribution in [2.24, 2.45) is 5.92 Å². The molecule has 0 N–H and O–H groups in total. The third-order valence-electron chi connectivity index (χ3n) is 4.18. The van der Waals surface area contributed by atoms with Gasteiger partial charge in [0.1, 0.15) is 11.6 Å². The van der Waals surface area contributed by atoms with Gasteiger partial charge in [0, 0.05) is 32.4 Å². The average Bonchev–Trinajstić information content (AvgIpc) is 2.44. The van der Waals surface area contributed by atoms with Gasteiger partial charge in [0.05, 0.1) is 12.2 Å². The van der Waals surface area contributed by atoms with E-state index in [0.717, 1.165) is 39.0 Å². The highest BCUT2D eigenvalue weighted by Gasteiger charge is 2.25. The van der Waals surface area contributed by atoms with E-state index >= 15 is 0 Å². The van der Waals surface area contributed by atoms with Crippen molar-refractivity contribution in [2.75, 3.05) is 26.2 Å². The van der Waals surface area contributed by atoms with E-state index in [2.05, 4.69) is 13.0 Å². The molecule has 2 fully saturated rings. The number of amides is 1. The van der Waals surface area contributed by atoms with Crippen molar-refractivity contribution in [3.05, 3.63) is 11.8 Å². The van der Waals surface area contributed by atoms with Crippen LogP contribution in [0.2, 0.25) is 0 Å². The van der Waals surface area contributed by atoms with E-state index in [1.165, 1.54) is 0 Å². The third-order valence-corrected chi connectivity index (χ3v) is 4.18. The van der Waals surface area contributed by atoms with Crippen molar-refractivity contribution in [1.82, 2.24) is 9.80 Å². The van der Waals surface area contributed by atoms with Crippen LogP contribution in [0.1, 0.15) is 33.6 Å². The lowest BCUT2D eigenvalue weighted by Gasteiger charge is -2.35. The van der Waals surface area contributed by atoms with Gasteiger partial charge in [-0.05, 0) is 32.6 Å². The molecule has 5 heteroatoms. The minimum Gasteiger partial charge on any atom is -0.372 e. The van der Waals surface area contributed by atoms with Crippen LogP contribution in [0.3, 0.4) is 0 Å². The highest BCUT2D eigenvalue weighted by atomic mass is 16.5. The Morgan fingerprint density at radius 3 is 2.29 bits per heavy atom. The molecule has 2 heterocycles. The Bertz CT molecular complexity index is 437. The lowest BCUT2D eigenvalue weighted by molar-refractivity contribution is -0.128. The van der Waals surface area contributed by atoms with Gasteiger partial charge in [0.15, 0.2) is 0 Å². The standard InChI is InChI=1S/C16H25N3O2/c1-12-4-6-19(7-5-12)16(20)15(8-17)11-18-9-13(2)21-14(3)10-18/h11-14H,4-7,9-10H2,1-3H3/b15-11-. The van der Waals surface area contributed by atoms with E-state index in [0.29, 0.717) is 5.92 Å². The zero-order chi connectivity index (χ0) is 15.4. The van der Waals surface area contributed by atoms with Crippen LogP contribution in [0.5, 0.6) is 0 Å². The monoisotopic (exact) mass is 291 g/mol. The summed E-state index contributed by atoms with van der Waals surface area (Å²) in [6, 6.07) is 2.07. The molecule has 0 saturated carbocycles. The van der Waals surface area contributed by atoms with Gasteiger partial charge in [-0.1, -0.05) is 6.92 Å². The molecule has 0 aliphatic carbocycles. The molecular weight excluding hydrogens is 266 g/mol. The number of rotatable bonds is 2. The van der Waals surface area contributed by atoms with Gasteiger partial charge in [0.25, 0.3) is 5.91 Å². The molecule has 5 nitrogen and oxygen atoms in total. The van der Waals surface area contributed by atoms with Crippen LogP contribution in [0, 0.1) is 17.2 Å². The van der Waals surface area contributed by atoms with E-state index in [9.17, 15) is 10.1 Å². The van der Waals surface area contributed by atoms with Gasteiger partial charge in [-0.25, -0.2) is 0 Å². The molecule has 0 aromatic rings. The molecule has 2 aliphatic heterocycles. The second-order valence-corrected chi connectivity index (χ2v) is 6.34. The number of ether oxygens (including phenoxy) is 1. The zero-order valence-corrected chi connectivity index (χ0v) is 13.2. The number of hydrogen-bond acceptors (Lipinski definition) is 4. The first-order chi connectivity index (χ1) is 9.99. The molecule has 0 aromatic heterocycles. The molecular formula is C16H25N3O2. The average molecular weight is 291 g/mol. The minimum atomic E-state index is -0.129. The number of carbonyl (C=O) groups excluding carboxylic acids is 1. The number of nitriles is 1. The van der Waals surface area contributed by atoms with Crippen molar-refractivity contribution >= 4 is 5.91 Å². The van der Waals surface area contributed by atoms with Gasteiger partial charge < -0.3 is 14.5 Å². The van der Waals surface area contributed by atoms with Gasteiger partial charge in [-0.2, -0.15) is 5.26 Å². The summed E-state index contributed by atoms with van der Waals surface area (Å²) in [5, 5.41) is 9.32. The first-order valence-corrected chi connectivity index (χ1v) is 7.80. The number of hydrogen-bond donors (Lipinski definition) is 0. The van der Waals surface area contributed by atoms with Crippen molar-refractivity contribution in [1.29, 1.82) is 5.26 Å². The molecule has 1 amide bonds. The summed E-state index contributed by atoms with van der Waals surface area (Å²) >= 11 is 0. The highest BCUT2D eigenvalue weighted by molar-refractivity contribution is 5.97. The normalized spacial score (nSPS) is 28.4. The fraction of sp³-hybridized carbons (Fsp3) is 0.750. The van der Waals surface area contributed by atoms with Crippen molar-refractivity contribution in [2.45, 2.75) is 45.8 Å². The summed E-state index contributed by atoms with van der Waals surface area (Å²) in [6.07, 6.45) is 4.01. The molecule has 21 heavy (non-hydrogen) atoms. The first kappa shape index (κ1) is 15.8. The van der Waals surface area contributed by atoms with Crippen LogP contribution in [-0.2, 0) is 9.53 Å². The maximum atomic E-state index is 12.4. The number of carbonyl (C=O) groups is 1. The smallest absolute Gasteiger partial charge is 0.266 e. The molecule has 0 spiro atoms. The summed E-state index contributed by atoms with van der Waals surface area (Å²) in [5.41, 5.74) is 0.242. The Labute approximate surface area is 127 Å². The number of piperidine rings is 1. The van der Waals surface area contributed by atoms with Crippen LogP contribution >= 0.6 is 0 Å². The lowest BCUT2D eigenvalue weighted by Crippen LogP contribution is -2.43. The summed E-state index contributed by atoms with van der Waals surface area (Å²) in [6.45, 7) is 9.19. The lowest BCUT2D eigenvalue weighted by atomic mass is 9.99. The van der Waals surface area contributed by atoms with E-state index in [1.54, 1.807) is 6.20 Å². The van der Waals surface area contributed by atoms with Crippen LogP contribution in [0.25, 0.3) is 0 Å². The topological polar surface area (TPSA) is 56.6 Å². The van der Waals surface area contributed by atoms with E-state index < -0.39 is 0 Å². The molecule has 116 valence electrons. The van der Waals surface area contributed by atoms with Gasteiger partial charge in [0.2, 0.25) is 0 Å². The summed E-state index contributed by atoms with van der Waals surface area (Å²) in [5.74, 6) is 0.542. The second-order valence-electron chi connectivity index (χ2n) is 6.34. The molecule has 0 bridgehead atoms.